The van der Waals surface area contributed by atoms with E-state index in [1.165, 1.54) is 19.2 Å². The van der Waals surface area contributed by atoms with Gasteiger partial charge in [-0.15, -0.1) is 0 Å². The minimum absolute atomic E-state index is 0.0755. The number of ketones is 1. The molecule has 1 unspecified atom stereocenters. The summed E-state index contributed by atoms with van der Waals surface area (Å²) in [6, 6.07) is 4.41. The Kier molecular flexibility index (Phi) is 3.71. The van der Waals surface area contributed by atoms with Gasteiger partial charge in [0.1, 0.15) is 5.75 Å². The number of nitrogens with two attached hydrogens (primary N) is 1. The fraction of sp³-hybridized carbons (Fsp3) is 0.417. The first-order valence-electron chi connectivity index (χ1n) is 5.16. The maximum absolute atomic E-state index is 12.7. The summed E-state index contributed by atoms with van der Waals surface area (Å²) in [4.78, 5) is 11.9. The predicted octanol–water partition coefficient (Wildman–Crippen LogP) is 2.47. The molecule has 0 fully saturated rings. The van der Waals surface area contributed by atoms with Crippen LogP contribution in [0.4, 0.5) is 13.2 Å². The first-order chi connectivity index (χ1) is 8.11. The molecule has 0 saturated carbocycles. The van der Waals surface area contributed by atoms with E-state index in [2.05, 4.69) is 0 Å². The molecular formula is C12H14F3NO2. The molecule has 0 aliphatic carbocycles. The summed E-state index contributed by atoms with van der Waals surface area (Å²) in [7, 11) is 1.28. The van der Waals surface area contributed by atoms with E-state index < -0.39 is 17.5 Å². The molecule has 6 heteroatoms. The maximum Gasteiger partial charge on any atom is 0.413 e. The fourth-order valence-electron chi connectivity index (χ4n) is 1.41. The lowest BCUT2D eigenvalue weighted by Gasteiger charge is -2.26. The molecule has 0 saturated heterocycles. The van der Waals surface area contributed by atoms with Gasteiger partial charge < -0.3 is 10.5 Å². The molecule has 0 amide bonds. The second-order valence-corrected chi connectivity index (χ2v) is 4.23. The normalized spacial score (nSPS) is 15.1. The van der Waals surface area contributed by atoms with Crippen molar-refractivity contribution in [2.75, 3.05) is 7.11 Å². The van der Waals surface area contributed by atoms with E-state index >= 15 is 0 Å². The molecule has 0 aliphatic heterocycles. The second kappa shape index (κ2) is 4.61. The van der Waals surface area contributed by atoms with Crippen molar-refractivity contribution in [3.63, 3.8) is 0 Å². The van der Waals surface area contributed by atoms with Crippen molar-refractivity contribution in [2.24, 2.45) is 5.73 Å². The smallest absolute Gasteiger partial charge is 0.413 e. The van der Waals surface area contributed by atoms with Gasteiger partial charge in [-0.3, -0.25) is 4.79 Å². The summed E-state index contributed by atoms with van der Waals surface area (Å²) in [5.41, 5.74) is 2.66. The zero-order valence-electron chi connectivity index (χ0n) is 10.3. The molecule has 0 radical (unpaired) electrons. The molecule has 1 atom stereocenters. The van der Waals surface area contributed by atoms with Crippen LogP contribution in [0.15, 0.2) is 18.2 Å². The van der Waals surface area contributed by atoms with Gasteiger partial charge in [-0.2, -0.15) is 13.2 Å². The molecule has 0 heterocycles. The number of ether oxygens (including phenoxy) is 1. The van der Waals surface area contributed by atoms with Crippen LogP contribution in [0, 0.1) is 6.92 Å². The van der Waals surface area contributed by atoms with Crippen molar-refractivity contribution in [1.29, 1.82) is 0 Å². The molecule has 1 aromatic rings. The van der Waals surface area contributed by atoms with Gasteiger partial charge in [0.05, 0.1) is 12.7 Å². The Hall–Kier alpha value is -1.56. The van der Waals surface area contributed by atoms with Crippen LogP contribution >= 0.6 is 0 Å². The van der Waals surface area contributed by atoms with Crippen LogP contribution in [0.2, 0.25) is 0 Å². The van der Waals surface area contributed by atoms with Gasteiger partial charge in [0.25, 0.3) is 0 Å². The standard InChI is InChI=1S/C12H14F3NO2/c1-7-4-5-9(18-3)8(6-7)10(17)11(2,16)12(13,14)15/h4-6H,16H2,1-3H3. The molecule has 18 heavy (non-hydrogen) atoms. The van der Waals surface area contributed by atoms with Crippen molar-refractivity contribution in [3.05, 3.63) is 29.3 Å². The van der Waals surface area contributed by atoms with Gasteiger partial charge in [0.15, 0.2) is 11.3 Å². The van der Waals surface area contributed by atoms with Crippen LogP contribution in [-0.4, -0.2) is 24.6 Å². The molecule has 1 rings (SSSR count). The minimum atomic E-state index is -4.82. The fourth-order valence-corrected chi connectivity index (χ4v) is 1.41. The van der Waals surface area contributed by atoms with Crippen molar-refractivity contribution < 1.29 is 22.7 Å². The number of hydrogen-bond donors (Lipinski definition) is 1. The van der Waals surface area contributed by atoms with Crippen molar-refractivity contribution in [1.82, 2.24) is 0 Å². The highest BCUT2D eigenvalue weighted by Crippen LogP contribution is 2.33. The zero-order chi connectivity index (χ0) is 14.1. The third-order valence-electron chi connectivity index (χ3n) is 2.66. The van der Waals surface area contributed by atoms with Gasteiger partial charge in [0.2, 0.25) is 0 Å². The Morgan fingerprint density at radius 1 is 1.33 bits per heavy atom. The largest absolute Gasteiger partial charge is 0.496 e. The topological polar surface area (TPSA) is 52.3 Å². The van der Waals surface area contributed by atoms with E-state index in [0.717, 1.165) is 0 Å². The Morgan fingerprint density at radius 2 is 1.89 bits per heavy atom. The summed E-state index contributed by atoms with van der Waals surface area (Å²) in [6.07, 6.45) is -4.82. The predicted molar refractivity (Wildman–Crippen MR) is 60.7 cm³/mol. The Morgan fingerprint density at radius 3 is 2.33 bits per heavy atom. The summed E-state index contributed by atoms with van der Waals surface area (Å²) >= 11 is 0. The molecule has 0 bridgehead atoms. The molecule has 3 nitrogen and oxygen atoms in total. The van der Waals surface area contributed by atoms with Crippen LogP contribution < -0.4 is 10.5 Å². The average Bonchev–Trinajstić information content (AvgIpc) is 2.26. The van der Waals surface area contributed by atoms with E-state index in [1.54, 1.807) is 13.0 Å². The average molecular weight is 261 g/mol. The summed E-state index contributed by atoms with van der Waals surface area (Å²) < 4.78 is 43.0. The van der Waals surface area contributed by atoms with E-state index in [0.29, 0.717) is 12.5 Å². The highest BCUT2D eigenvalue weighted by molar-refractivity contribution is 6.05. The molecular weight excluding hydrogens is 247 g/mol. The lowest BCUT2D eigenvalue weighted by atomic mass is 9.90. The Bertz CT molecular complexity index is 467. The molecule has 2 N–H and O–H groups in total. The molecule has 1 aromatic carbocycles. The van der Waals surface area contributed by atoms with E-state index in [1.807, 2.05) is 0 Å². The first-order valence-corrected chi connectivity index (χ1v) is 5.16. The third-order valence-corrected chi connectivity index (χ3v) is 2.66. The van der Waals surface area contributed by atoms with Gasteiger partial charge in [-0.25, -0.2) is 0 Å². The second-order valence-electron chi connectivity index (χ2n) is 4.23. The van der Waals surface area contributed by atoms with Crippen LogP contribution in [0.1, 0.15) is 22.8 Å². The third kappa shape index (κ3) is 2.48. The van der Waals surface area contributed by atoms with E-state index in [4.69, 9.17) is 10.5 Å². The molecule has 0 aromatic heterocycles. The SMILES string of the molecule is COc1ccc(C)cc1C(=O)C(C)(N)C(F)(F)F. The quantitative estimate of drug-likeness (QED) is 0.850. The molecule has 0 spiro atoms. The van der Waals surface area contributed by atoms with E-state index in [-0.39, 0.29) is 11.3 Å². The first kappa shape index (κ1) is 14.5. The number of benzene rings is 1. The van der Waals surface area contributed by atoms with Gasteiger partial charge in [-0.05, 0) is 26.0 Å². The number of carbonyl (C=O) groups is 1. The minimum Gasteiger partial charge on any atom is -0.496 e. The number of rotatable bonds is 3. The summed E-state index contributed by atoms with van der Waals surface area (Å²) in [5, 5.41) is 0. The number of halogens is 3. The highest BCUT2D eigenvalue weighted by atomic mass is 19.4. The van der Waals surface area contributed by atoms with Crippen molar-refractivity contribution >= 4 is 5.78 Å². The lowest BCUT2D eigenvalue weighted by Crippen LogP contribution is -2.57. The number of alkyl halides is 3. The molecule has 100 valence electrons. The number of aryl methyl sites for hydroxylation is 1. The number of methoxy groups -OCH3 is 1. The number of hydrogen-bond acceptors (Lipinski definition) is 3. The monoisotopic (exact) mass is 261 g/mol. The highest BCUT2D eigenvalue weighted by Gasteiger charge is 2.54. The Balaban J connectivity index is 3.31. The van der Waals surface area contributed by atoms with Crippen LogP contribution in [0.3, 0.4) is 0 Å². The van der Waals surface area contributed by atoms with Crippen molar-refractivity contribution in [2.45, 2.75) is 25.6 Å². The van der Waals surface area contributed by atoms with E-state index in [9.17, 15) is 18.0 Å². The lowest BCUT2D eigenvalue weighted by molar-refractivity contribution is -0.165. The summed E-state index contributed by atoms with van der Waals surface area (Å²) in [5.74, 6) is -1.14. The van der Waals surface area contributed by atoms with Gasteiger partial charge in [0, 0.05) is 0 Å². The number of Topliss-reactive ketones (excluding diaryl/α,β-unsaturated/α-hetero) is 1. The van der Waals surface area contributed by atoms with Crippen LogP contribution in [-0.2, 0) is 0 Å². The zero-order valence-corrected chi connectivity index (χ0v) is 10.3. The van der Waals surface area contributed by atoms with Gasteiger partial charge in [-0.1, -0.05) is 11.6 Å². The van der Waals surface area contributed by atoms with Crippen LogP contribution in [0.5, 0.6) is 5.75 Å². The number of carbonyl (C=O) groups excluding carboxylic acids is 1. The van der Waals surface area contributed by atoms with Crippen LogP contribution in [0.25, 0.3) is 0 Å². The maximum atomic E-state index is 12.7. The van der Waals surface area contributed by atoms with Crippen molar-refractivity contribution in [3.8, 4) is 5.75 Å². The molecule has 0 aliphatic rings. The van der Waals surface area contributed by atoms with Gasteiger partial charge >= 0.3 is 6.18 Å². The Labute approximate surface area is 103 Å². The summed E-state index contributed by atoms with van der Waals surface area (Å²) in [6.45, 7) is 2.31.